The molecular formula is C10H10ClN3O2. The first-order chi connectivity index (χ1) is 7.70. The van der Waals surface area contributed by atoms with Crippen molar-refractivity contribution in [2.45, 2.75) is 6.92 Å². The van der Waals surface area contributed by atoms with E-state index >= 15 is 0 Å². The Morgan fingerprint density at radius 2 is 2.25 bits per heavy atom. The summed E-state index contributed by atoms with van der Waals surface area (Å²) >= 11 is 5.79. The number of aromatic nitrogens is 2. The fourth-order valence-electron chi connectivity index (χ4n) is 1.23. The van der Waals surface area contributed by atoms with Gasteiger partial charge in [-0.2, -0.15) is 0 Å². The number of halogens is 1. The van der Waals surface area contributed by atoms with Gasteiger partial charge in [-0.15, -0.1) is 5.10 Å². The van der Waals surface area contributed by atoms with E-state index in [4.69, 9.17) is 26.5 Å². The molecule has 84 valence electrons. The summed E-state index contributed by atoms with van der Waals surface area (Å²) in [4.78, 5) is 0. The van der Waals surface area contributed by atoms with Crippen molar-refractivity contribution in [3.63, 3.8) is 0 Å². The Labute approximate surface area is 97.2 Å². The standard InChI is InChI=1S/C10H10ClN3O2/c1-2-15-10-14-13-9(16-10)7-4-3-6(11)5-8(7)12/h3-5H,2,12H2,1H3. The molecule has 0 fully saturated rings. The molecule has 0 unspecified atom stereocenters. The van der Waals surface area contributed by atoms with Crippen LogP contribution in [0.2, 0.25) is 5.02 Å². The van der Waals surface area contributed by atoms with Crippen LogP contribution in [-0.4, -0.2) is 16.8 Å². The zero-order valence-electron chi connectivity index (χ0n) is 8.61. The summed E-state index contributed by atoms with van der Waals surface area (Å²) in [6.45, 7) is 2.30. The van der Waals surface area contributed by atoms with E-state index in [1.165, 1.54) is 0 Å². The van der Waals surface area contributed by atoms with E-state index in [1.54, 1.807) is 18.2 Å². The highest BCUT2D eigenvalue weighted by Gasteiger charge is 2.11. The molecule has 0 aliphatic heterocycles. The third kappa shape index (κ3) is 2.09. The summed E-state index contributed by atoms with van der Waals surface area (Å²) in [7, 11) is 0. The average Bonchev–Trinajstić information content (AvgIpc) is 2.67. The van der Waals surface area contributed by atoms with Gasteiger partial charge in [0.2, 0.25) is 0 Å². The Kier molecular flexibility index (Phi) is 2.96. The van der Waals surface area contributed by atoms with Gasteiger partial charge in [-0.05, 0) is 25.1 Å². The van der Waals surface area contributed by atoms with Gasteiger partial charge in [0, 0.05) is 10.7 Å². The molecule has 0 amide bonds. The molecule has 6 heteroatoms. The number of nitrogen functional groups attached to an aromatic ring is 1. The Balaban J connectivity index is 2.35. The highest BCUT2D eigenvalue weighted by atomic mass is 35.5. The molecule has 0 saturated carbocycles. The number of ether oxygens (including phenoxy) is 1. The molecule has 1 aromatic heterocycles. The first-order valence-corrected chi connectivity index (χ1v) is 5.10. The summed E-state index contributed by atoms with van der Waals surface area (Å²) in [5.41, 5.74) is 6.91. The molecular weight excluding hydrogens is 230 g/mol. The third-order valence-electron chi connectivity index (χ3n) is 1.92. The lowest BCUT2D eigenvalue weighted by molar-refractivity contribution is 0.247. The van der Waals surface area contributed by atoms with E-state index in [1.807, 2.05) is 6.92 Å². The molecule has 1 aromatic carbocycles. The van der Waals surface area contributed by atoms with Crippen LogP contribution in [0.5, 0.6) is 6.08 Å². The molecule has 0 spiro atoms. The van der Waals surface area contributed by atoms with Gasteiger partial charge in [0.15, 0.2) is 0 Å². The minimum Gasteiger partial charge on any atom is -0.449 e. The van der Waals surface area contributed by atoms with Crippen molar-refractivity contribution in [3.8, 4) is 17.5 Å². The molecule has 0 bridgehead atoms. The summed E-state index contributed by atoms with van der Waals surface area (Å²) in [5, 5.41) is 8.11. The molecule has 16 heavy (non-hydrogen) atoms. The molecule has 2 N–H and O–H groups in total. The predicted octanol–water partition coefficient (Wildman–Crippen LogP) is 2.37. The van der Waals surface area contributed by atoms with Gasteiger partial charge in [0.1, 0.15) is 0 Å². The maximum Gasteiger partial charge on any atom is 0.414 e. The number of hydrogen-bond donors (Lipinski definition) is 1. The monoisotopic (exact) mass is 239 g/mol. The fraction of sp³-hybridized carbons (Fsp3) is 0.200. The van der Waals surface area contributed by atoms with Gasteiger partial charge in [0.25, 0.3) is 5.89 Å². The highest BCUT2D eigenvalue weighted by molar-refractivity contribution is 6.31. The number of benzene rings is 1. The van der Waals surface area contributed by atoms with Crippen LogP contribution in [0.4, 0.5) is 5.69 Å². The van der Waals surface area contributed by atoms with Crippen molar-refractivity contribution in [1.82, 2.24) is 10.2 Å². The van der Waals surface area contributed by atoms with Crippen molar-refractivity contribution >= 4 is 17.3 Å². The van der Waals surface area contributed by atoms with E-state index < -0.39 is 0 Å². The Morgan fingerprint density at radius 3 is 2.94 bits per heavy atom. The quantitative estimate of drug-likeness (QED) is 0.833. The third-order valence-corrected chi connectivity index (χ3v) is 2.15. The lowest BCUT2D eigenvalue weighted by Crippen LogP contribution is -1.90. The average molecular weight is 240 g/mol. The molecule has 2 aromatic rings. The topological polar surface area (TPSA) is 74.2 Å². The van der Waals surface area contributed by atoms with Crippen LogP contribution in [-0.2, 0) is 0 Å². The highest BCUT2D eigenvalue weighted by Crippen LogP contribution is 2.28. The second kappa shape index (κ2) is 4.40. The molecule has 5 nitrogen and oxygen atoms in total. The summed E-state index contributed by atoms with van der Waals surface area (Å²) in [6, 6.07) is 5.06. The molecule has 0 aliphatic rings. The number of hydrogen-bond acceptors (Lipinski definition) is 5. The summed E-state index contributed by atoms with van der Waals surface area (Å²) in [5.74, 6) is 0.317. The van der Waals surface area contributed by atoms with E-state index in [9.17, 15) is 0 Å². The van der Waals surface area contributed by atoms with Gasteiger partial charge in [-0.1, -0.05) is 16.7 Å². The second-order valence-corrected chi connectivity index (χ2v) is 3.47. The smallest absolute Gasteiger partial charge is 0.414 e. The van der Waals surface area contributed by atoms with Crippen LogP contribution in [0.15, 0.2) is 22.6 Å². The largest absolute Gasteiger partial charge is 0.449 e. The molecule has 0 aliphatic carbocycles. The van der Waals surface area contributed by atoms with Gasteiger partial charge in [0.05, 0.1) is 12.2 Å². The fourth-order valence-corrected chi connectivity index (χ4v) is 1.41. The maximum atomic E-state index is 5.79. The van der Waals surface area contributed by atoms with Crippen LogP contribution >= 0.6 is 11.6 Å². The van der Waals surface area contributed by atoms with Gasteiger partial charge < -0.3 is 14.9 Å². The Morgan fingerprint density at radius 1 is 1.44 bits per heavy atom. The molecule has 0 saturated heterocycles. The van der Waals surface area contributed by atoms with Crippen LogP contribution in [0.25, 0.3) is 11.5 Å². The first kappa shape index (κ1) is 10.8. The Bertz CT molecular complexity index is 499. The van der Waals surface area contributed by atoms with Crippen molar-refractivity contribution in [2.24, 2.45) is 0 Å². The summed E-state index contributed by atoms with van der Waals surface area (Å²) in [6.07, 6.45) is 0.131. The van der Waals surface area contributed by atoms with Crippen LogP contribution in [0.3, 0.4) is 0 Å². The minimum absolute atomic E-state index is 0.131. The zero-order valence-corrected chi connectivity index (χ0v) is 9.36. The normalized spacial score (nSPS) is 10.4. The van der Waals surface area contributed by atoms with Crippen molar-refractivity contribution in [1.29, 1.82) is 0 Å². The number of nitrogens with zero attached hydrogens (tertiary/aromatic N) is 2. The van der Waals surface area contributed by atoms with E-state index in [2.05, 4.69) is 10.2 Å². The van der Waals surface area contributed by atoms with Crippen molar-refractivity contribution < 1.29 is 9.15 Å². The predicted molar refractivity (Wildman–Crippen MR) is 60.3 cm³/mol. The first-order valence-electron chi connectivity index (χ1n) is 4.72. The number of anilines is 1. The lowest BCUT2D eigenvalue weighted by atomic mass is 10.2. The maximum absolute atomic E-state index is 5.79. The lowest BCUT2D eigenvalue weighted by Gasteiger charge is -2.00. The van der Waals surface area contributed by atoms with Crippen molar-refractivity contribution in [3.05, 3.63) is 23.2 Å². The van der Waals surface area contributed by atoms with Gasteiger partial charge in [-0.3, -0.25) is 0 Å². The SMILES string of the molecule is CCOc1nnc(-c2ccc(Cl)cc2N)o1. The molecule has 0 radical (unpaired) electrons. The number of rotatable bonds is 3. The van der Waals surface area contributed by atoms with E-state index in [0.717, 1.165) is 0 Å². The van der Waals surface area contributed by atoms with E-state index in [0.29, 0.717) is 28.8 Å². The Hall–Kier alpha value is -1.75. The zero-order chi connectivity index (χ0) is 11.5. The van der Waals surface area contributed by atoms with Crippen LogP contribution in [0.1, 0.15) is 6.92 Å². The summed E-state index contributed by atoms with van der Waals surface area (Å²) < 4.78 is 10.3. The van der Waals surface area contributed by atoms with E-state index in [-0.39, 0.29) is 6.08 Å². The molecule has 0 atom stereocenters. The van der Waals surface area contributed by atoms with Crippen LogP contribution in [0, 0.1) is 0 Å². The molecule has 2 rings (SSSR count). The minimum atomic E-state index is 0.131. The second-order valence-electron chi connectivity index (χ2n) is 3.04. The van der Waals surface area contributed by atoms with Crippen molar-refractivity contribution in [2.75, 3.05) is 12.3 Å². The molecule has 1 heterocycles. The van der Waals surface area contributed by atoms with Gasteiger partial charge >= 0.3 is 6.08 Å². The van der Waals surface area contributed by atoms with Gasteiger partial charge in [-0.25, -0.2) is 0 Å². The number of nitrogens with two attached hydrogens (primary N) is 1. The van der Waals surface area contributed by atoms with Crippen LogP contribution < -0.4 is 10.5 Å².